The summed E-state index contributed by atoms with van der Waals surface area (Å²) in [6.07, 6.45) is -2.44. The number of hydrogen-bond donors (Lipinski definition) is 3. The molecule has 0 bridgehead atoms. The Morgan fingerprint density at radius 3 is 2.42 bits per heavy atom. The number of aliphatic hydroxyl groups is 3. The molecule has 0 aromatic carbocycles. The molecule has 0 aromatic heterocycles. The lowest BCUT2D eigenvalue weighted by molar-refractivity contribution is -0.435. The van der Waals surface area contributed by atoms with E-state index in [1.807, 2.05) is 0 Å². The molecule has 1 unspecified atom stereocenters. The van der Waals surface area contributed by atoms with E-state index in [0.717, 1.165) is 0 Å². The summed E-state index contributed by atoms with van der Waals surface area (Å²) in [7, 11) is 0. The van der Waals surface area contributed by atoms with Crippen LogP contribution < -0.4 is 0 Å². The maximum Gasteiger partial charge on any atom is 0.455 e. The van der Waals surface area contributed by atoms with Crippen LogP contribution in [0.15, 0.2) is 0 Å². The predicted octanol–water partition coefficient (Wildman–Crippen LogP) is -0.475. The maximum absolute atomic E-state index is 10.7. The molecule has 1 atom stereocenters. The second kappa shape index (κ2) is 4.61. The first-order chi connectivity index (χ1) is 5.37. The Bertz CT molecular complexity index is 153. The van der Waals surface area contributed by atoms with Crippen molar-refractivity contribution in [3.8, 4) is 0 Å². The van der Waals surface area contributed by atoms with Crippen LogP contribution in [0.3, 0.4) is 0 Å². The van der Waals surface area contributed by atoms with Gasteiger partial charge in [0.05, 0.1) is 0 Å². The van der Waals surface area contributed by atoms with Gasteiger partial charge in [0, 0.05) is 0 Å². The van der Waals surface area contributed by atoms with E-state index in [-0.39, 0.29) is 0 Å². The minimum absolute atomic E-state index is 0.344. The topological polar surface area (TPSA) is 87.0 Å². The quantitative estimate of drug-likeness (QED) is 0.323. The van der Waals surface area contributed by atoms with E-state index in [1.165, 1.54) is 0 Å². The number of esters is 1. The van der Waals surface area contributed by atoms with E-state index in [4.69, 9.17) is 26.9 Å². The zero-order valence-corrected chi connectivity index (χ0v) is 7.28. The summed E-state index contributed by atoms with van der Waals surface area (Å²) in [6, 6.07) is 0. The Balaban J connectivity index is 3.87. The Labute approximate surface area is 74.5 Å². The van der Waals surface area contributed by atoms with Crippen molar-refractivity contribution in [3.05, 3.63) is 0 Å². The number of carbonyl (C=O) groups is 1. The van der Waals surface area contributed by atoms with Crippen molar-refractivity contribution in [2.45, 2.75) is 31.3 Å². The summed E-state index contributed by atoms with van der Waals surface area (Å²) in [5.41, 5.74) is 0. The number of ether oxygens (including phenoxy) is 1. The van der Waals surface area contributed by atoms with Crippen molar-refractivity contribution >= 4 is 17.6 Å². The summed E-state index contributed by atoms with van der Waals surface area (Å²) in [5.74, 6) is -1.06. The van der Waals surface area contributed by atoms with E-state index < -0.39 is 17.5 Å². The van der Waals surface area contributed by atoms with E-state index in [1.54, 1.807) is 6.92 Å². The van der Waals surface area contributed by atoms with Gasteiger partial charge >= 0.3 is 12.1 Å². The Hall–Kier alpha value is -0.360. The number of rotatable bonds is 4. The standard InChI is InChI=1S/C6H11ClO5/c1-2-3-4(7)5(8)12-6(9,10)11/h4,9-11H,2-3H2,1H3. The zero-order chi connectivity index (χ0) is 9.78. The van der Waals surface area contributed by atoms with Crippen LogP contribution in [0.4, 0.5) is 0 Å². The van der Waals surface area contributed by atoms with Crippen LogP contribution in [0.25, 0.3) is 0 Å². The minimum Gasteiger partial charge on any atom is -0.383 e. The van der Waals surface area contributed by atoms with Crippen LogP contribution in [0, 0.1) is 0 Å². The Morgan fingerprint density at radius 2 is 2.08 bits per heavy atom. The molecule has 0 saturated carbocycles. The van der Waals surface area contributed by atoms with E-state index >= 15 is 0 Å². The van der Waals surface area contributed by atoms with Gasteiger partial charge in [-0.25, -0.2) is 0 Å². The van der Waals surface area contributed by atoms with Crippen LogP contribution in [0.2, 0.25) is 0 Å². The fraction of sp³-hybridized carbons (Fsp3) is 0.833. The SMILES string of the molecule is CCCC(Cl)C(=O)OC(O)(O)O. The largest absolute Gasteiger partial charge is 0.455 e. The molecular weight excluding hydrogens is 188 g/mol. The highest BCUT2D eigenvalue weighted by atomic mass is 35.5. The van der Waals surface area contributed by atoms with Gasteiger partial charge in [0.1, 0.15) is 5.38 Å². The van der Waals surface area contributed by atoms with E-state index in [0.29, 0.717) is 12.8 Å². The molecule has 0 spiro atoms. The summed E-state index contributed by atoms with van der Waals surface area (Å²) in [4.78, 5) is 10.7. The summed E-state index contributed by atoms with van der Waals surface area (Å²) in [5, 5.41) is 23.7. The Kier molecular flexibility index (Phi) is 4.47. The third-order valence-corrected chi connectivity index (χ3v) is 1.43. The van der Waals surface area contributed by atoms with Crippen molar-refractivity contribution in [3.63, 3.8) is 0 Å². The fourth-order valence-corrected chi connectivity index (χ4v) is 0.833. The average molecular weight is 199 g/mol. The highest BCUT2D eigenvalue weighted by molar-refractivity contribution is 6.29. The van der Waals surface area contributed by atoms with E-state index in [9.17, 15) is 4.79 Å². The Morgan fingerprint density at radius 1 is 1.58 bits per heavy atom. The summed E-state index contributed by atoms with van der Waals surface area (Å²) < 4.78 is 3.75. The molecule has 0 heterocycles. The molecule has 0 amide bonds. The van der Waals surface area contributed by atoms with Crippen LogP contribution in [-0.4, -0.2) is 32.8 Å². The third-order valence-electron chi connectivity index (χ3n) is 1.04. The molecule has 0 saturated heterocycles. The molecule has 0 rings (SSSR count). The van der Waals surface area contributed by atoms with Crippen molar-refractivity contribution in [1.82, 2.24) is 0 Å². The zero-order valence-electron chi connectivity index (χ0n) is 6.53. The molecular formula is C6H11ClO5. The first kappa shape index (κ1) is 11.6. The van der Waals surface area contributed by atoms with Crippen molar-refractivity contribution < 1.29 is 24.9 Å². The third kappa shape index (κ3) is 5.31. The fourth-order valence-electron chi connectivity index (χ4n) is 0.570. The molecule has 72 valence electrons. The summed E-state index contributed by atoms with van der Waals surface area (Å²) >= 11 is 5.43. The normalized spacial score (nSPS) is 14.1. The van der Waals surface area contributed by atoms with Gasteiger partial charge in [-0.1, -0.05) is 13.3 Å². The molecule has 5 nitrogen and oxygen atoms in total. The molecule has 0 radical (unpaired) electrons. The van der Waals surface area contributed by atoms with Crippen LogP contribution in [0.5, 0.6) is 0 Å². The lowest BCUT2D eigenvalue weighted by Gasteiger charge is -2.15. The molecule has 0 fully saturated rings. The average Bonchev–Trinajstić information content (AvgIpc) is 1.84. The van der Waals surface area contributed by atoms with Gasteiger partial charge in [-0.05, 0) is 6.42 Å². The molecule has 0 aliphatic heterocycles. The van der Waals surface area contributed by atoms with Crippen molar-refractivity contribution in [2.24, 2.45) is 0 Å². The molecule has 6 heteroatoms. The van der Waals surface area contributed by atoms with Crippen LogP contribution in [-0.2, 0) is 9.53 Å². The van der Waals surface area contributed by atoms with Crippen molar-refractivity contribution in [2.75, 3.05) is 0 Å². The van der Waals surface area contributed by atoms with E-state index in [2.05, 4.69) is 4.74 Å². The van der Waals surface area contributed by atoms with Crippen LogP contribution >= 0.6 is 11.6 Å². The molecule has 3 N–H and O–H groups in total. The van der Waals surface area contributed by atoms with Gasteiger partial charge < -0.3 is 20.1 Å². The minimum atomic E-state index is -3.43. The smallest absolute Gasteiger partial charge is 0.383 e. The second-order valence-electron chi connectivity index (χ2n) is 2.25. The van der Waals surface area contributed by atoms with Gasteiger partial charge in [0.2, 0.25) is 0 Å². The second-order valence-corrected chi connectivity index (χ2v) is 2.78. The molecule has 0 aliphatic carbocycles. The number of hydrogen-bond acceptors (Lipinski definition) is 5. The predicted molar refractivity (Wildman–Crippen MR) is 40.0 cm³/mol. The first-order valence-electron chi connectivity index (χ1n) is 3.41. The highest BCUT2D eigenvalue weighted by Gasteiger charge is 2.28. The summed E-state index contributed by atoms with van der Waals surface area (Å²) in [6.45, 7) is 1.80. The number of alkyl halides is 1. The number of halogens is 1. The highest BCUT2D eigenvalue weighted by Crippen LogP contribution is 2.09. The van der Waals surface area contributed by atoms with Gasteiger partial charge in [-0.15, -0.1) is 11.6 Å². The van der Waals surface area contributed by atoms with Crippen LogP contribution in [0.1, 0.15) is 19.8 Å². The molecule has 12 heavy (non-hydrogen) atoms. The van der Waals surface area contributed by atoms with Gasteiger partial charge in [0.25, 0.3) is 0 Å². The molecule has 0 aliphatic rings. The molecule has 0 aromatic rings. The van der Waals surface area contributed by atoms with Gasteiger partial charge in [-0.3, -0.25) is 4.79 Å². The maximum atomic E-state index is 10.7. The van der Waals surface area contributed by atoms with Crippen molar-refractivity contribution in [1.29, 1.82) is 0 Å². The first-order valence-corrected chi connectivity index (χ1v) is 3.84. The number of carbonyl (C=O) groups excluding carboxylic acids is 1. The van der Waals surface area contributed by atoms with Gasteiger partial charge in [-0.2, -0.15) is 0 Å². The monoisotopic (exact) mass is 198 g/mol. The lowest BCUT2D eigenvalue weighted by Crippen LogP contribution is -2.36. The lowest BCUT2D eigenvalue weighted by atomic mass is 10.2. The van der Waals surface area contributed by atoms with Gasteiger partial charge in [0.15, 0.2) is 0 Å².